The fraction of sp³-hybridized carbons (Fsp3) is 0.312. The largest absolute Gasteiger partial charge is 0.573 e. The molecule has 1 aliphatic rings. The fourth-order valence-corrected chi connectivity index (χ4v) is 5.85. The van der Waals surface area contributed by atoms with Gasteiger partial charge in [0.1, 0.15) is 11.5 Å². The lowest BCUT2D eigenvalue weighted by Gasteiger charge is -2.28. The van der Waals surface area contributed by atoms with Crippen molar-refractivity contribution in [2.24, 2.45) is 5.92 Å². The van der Waals surface area contributed by atoms with Gasteiger partial charge in [-0.25, -0.2) is 4.79 Å². The topological polar surface area (TPSA) is 77.8 Å². The summed E-state index contributed by atoms with van der Waals surface area (Å²) in [6, 6.07) is 17.3. The quantitative estimate of drug-likeness (QED) is 0.196. The van der Waals surface area contributed by atoms with Gasteiger partial charge in [0, 0.05) is 40.2 Å². The summed E-state index contributed by atoms with van der Waals surface area (Å²) >= 11 is 5.99. The molecule has 3 aromatic carbocycles. The van der Waals surface area contributed by atoms with E-state index in [1.807, 2.05) is 6.07 Å². The van der Waals surface area contributed by atoms with Crippen LogP contribution < -0.4 is 9.47 Å². The Hall–Kier alpha value is -3.98. The molecule has 42 heavy (non-hydrogen) atoms. The van der Waals surface area contributed by atoms with Crippen LogP contribution in [0.2, 0.25) is 5.02 Å². The number of halogens is 4. The zero-order valence-electron chi connectivity index (χ0n) is 22.8. The summed E-state index contributed by atoms with van der Waals surface area (Å²) < 4.78 is 51.0. The molecule has 1 fully saturated rings. The number of hydrogen-bond acceptors (Lipinski definition) is 4. The summed E-state index contributed by atoms with van der Waals surface area (Å²) in [6.07, 6.45) is -1.26. The Morgan fingerprint density at radius 2 is 1.71 bits per heavy atom. The monoisotopic (exact) mass is 599 g/mol. The number of carboxylic acids is 1. The third kappa shape index (κ3) is 6.57. The van der Waals surface area contributed by atoms with E-state index in [1.54, 1.807) is 54.0 Å². The summed E-state index contributed by atoms with van der Waals surface area (Å²) in [5, 5.41) is 10.8. The Morgan fingerprint density at radius 3 is 2.38 bits per heavy atom. The van der Waals surface area contributed by atoms with Crippen LogP contribution in [0.15, 0.2) is 66.7 Å². The molecule has 1 N–H and O–H groups in total. The first-order chi connectivity index (χ1) is 20.0. The number of benzene rings is 3. The first-order valence-corrected chi connectivity index (χ1v) is 14.1. The number of aliphatic carboxylic acids is 1. The van der Waals surface area contributed by atoms with Crippen molar-refractivity contribution in [3.63, 3.8) is 0 Å². The zero-order valence-corrected chi connectivity index (χ0v) is 23.5. The van der Waals surface area contributed by atoms with Crippen LogP contribution in [0.4, 0.5) is 13.2 Å². The van der Waals surface area contributed by atoms with Gasteiger partial charge in [-0.3, -0.25) is 4.79 Å². The van der Waals surface area contributed by atoms with Gasteiger partial charge in [-0.05, 0) is 73.9 Å². The predicted molar refractivity (Wildman–Crippen MR) is 152 cm³/mol. The van der Waals surface area contributed by atoms with E-state index in [4.69, 9.17) is 16.3 Å². The number of carbonyl (C=O) groups excluding carboxylic acids is 1. The van der Waals surface area contributed by atoms with E-state index >= 15 is 0 Å². The van der Waals surface area contributed by atoms with E-state index in [9.17, 15) is 27.9 Å². The minimum Gasteiger partial charge on any atom is -0.478 e. The Morgan fingerprint density at radius 1 is 1.00 bits per heavy atom. The lowest BCUT2D eigenvalue weighted by Crippen LogP contribution is -2.36. The lowest BCUT2D eigenvalue weighted by molar-refractivity contribution is -0.274. The van der Waals surface area contributed by atoms with Gasteiger partial charge in [-0.1, -0.05) is 43.0 Å². The Bertz CT molecular complexity index is 1610. The molecule has 1 heterocycles. The van der Waals surface area contributed by atoms with Crippen LogP contribution in [0.5, 0.6) is 11.5 Å². The van der Waals surface area contributed by atoms with Crippen LogP contribution in [0, 0.1) is 12.8 Å². The highest BCUT2D eigenvalue weighted by molar-refractivity contribution is 6.30. The summed E-state index contributed by atoms with van der Waals surface area (Å²) in [4.78, 5) is 25.7. The molecule has 1 aliphatic carbocycles. The van der Waals surface area contributed by atoms with Gasteiger partial charge in [0.05, 0.1) is 11.1 Å². The third-order valence-electron chi connectivity index (χ3n) is 7.69. The highest BCUT2D eigenvalue weighted by atomic mass is 35.5. The zero-order chi connectivity index (χ0) is 30.0. The number of hydrogen-bond donors (Lipinski definition) is 1. The lowest BCUT2D eigenvalue weighted by atomic mass is 9.85. The number of ether oxygens (including phenoxy) is 2. The average molecular weight is 600 g/mol. The maximum Gasteiger partial charge on any atom is 0.573 e. The SMILES string of the molecule is Cc1c(C(=O)c2ccc(Cl)cc2)c2ccc(OC(F)(F)F)cc2n1Cc1cccc(OC(C(=O)O)C2CCCCC2)c1. The molecular formula is C32H29ClF3NO5. The molecule has 6 nitrogen and oxygen atoms in total. The van der Waals surface area contributed by atoms with Crippen molar-refractivity contribution in [2.75, 3.05) is 0 Å². The van der Waals surface area contributed by atoms with Crippen LogP contribution in [0.25, 0.3) is 10.9 Å². The van der Waals surface area contributed by atoms with E-state index < -0.39 is 24.2 Å². The standard InChI is InChI=1S/C32H29ClF3NO5/c1-19-28(29(38)21-10-12-23(33)13-11-21)26-15-14-25(42-32(34,35)36)17-27(26)37(19)18-20-6-5-9-24(16-20)41-30(31(39)40)22-7-3-2-4-8-22/h5-6,9-17,22,30H,2-4,7-8,18H2,1H3,(H,39,40). The van der Waals surface area contributed by atoms with Crippen molar-refractivity contribution < 1.29 is 37.3 Å². The number of ketones is 1. The molecule has 4 aromatic rings. The summed E-state index contributed by atoms with van der Waals surface area (Å²) in [7, 11) is 0. The minimum absolute atomic E-state index is 0.0796. The first kappa shape index (κ1) is 29.5. The highest BCUT2D eigenvalue weighted by Gasteiger charge is 2.33. The van der Waals surface area contributed by atoms with E-state index in [0.29, 0.717) is 44.1 Å². The molecule has 0 saturated heterocycles. The van der Waals surface area contributed by atoms with Gasteiger partial charge >= 0.3 is 12.3 Å². The van der Waals surface area contributed by atoms with Gasteiger partial charge in [-0.2, -0.15) is 0 Å². The molecule has 0 aliphatic heterocycles. The van der Waals surface area contributed by atoms with Gasteiger partial charge in [0.15, 0.2) is 11.9 Å². The maximum atomic E-state index is 13.6. The van der Waals surface area contributed by atoms with Gasteiger partial charge in [0.25, 0.3) is 0 Å². The van der Waals surface area contributed by atoms with Crippen molar-refractivity contribution in [3.8, 4) is 11.5 Å². The number of aromatic nitrogens is 1. The second kappa shape index (κ2) is 12.1. The van der Waals surface area contributed by atoms with Gasteiger partial charge in [0.2, 0.25) is 0 Å². The summed E-state index contributed by atoms with van der Waals surface area (Å²) in [5.74, 6) is -1.41. The molecule has 0 bridgehead atoms. The second-order valence-corrected chi connectivity index (χ2v) is 11.0. The van der Waals surface area contributed by atoms with Crippen molar-refractivity contribution in [1.29, 1.82) is 0 Å². The number of rotatable bonds is 9. The molecule has 0 amide bonds. The van der Waals surface area contributed by atoms with Crippen LogP contribution in [-0.2, 0) is 11.3 Å². The van der Waals surface area contributed by atoms with Crippen LogP contribution in [0.1, 0.15) is 59.3 Å². The van der Waals surface area contributed by atoms with Crippen molar-refractivity contribution in [2.45, 2.75) is 58.0 Å². The Kier molecular flexibility index (Phi) is 8.50. The van der Waals surface area contributed by atoms with Crippen LogP contribution in [-0.4, -0.2) is 33.9 Å². The number of carboxylic acid groups (broad SMARTS) is 1. The highest BCUT2D eigenvalue weighted by Crippen LogP contribution is 2.34. The summed E-state index contributed by atoms with van der Waals surface area (Å²) in [6.45, 7) is 1.92. The number of carbonyl (C=O) groups is 2. The predicted octanol–water partition coefficient (Wildman–Crippen LogP) is 8.19. The normalized spacial score (nSPS) is 15.0. The Labute approximate surface area is 245 Å². The van der Waals surface area contributed by atoms with Crippen LogP contribution in [0.3, 0.4) is 0 Å². The van der Waals surface area contributed by atoms with E-state index in [0.717, 1.165) is 32.1 Å². The fourth-order valence-electron chi connectivity index (χ4n) is 5.72. The number of alkyl halides is 3. The Balaban J connectivity index is 1.52. The van der Waals surface area contributed by atoms with E-state index in [-0.39, 0.29) is 18.2 Å². The third-order valence-corrected chi connectivity index (χ3v) is 7.94. The van der Waals surface area contributed by atoms with Gasteiger partial charge in [-0.15, -0.1) is 13.2 Å². The van der Waals surface area contributed by atoms with Crippen molar-refractivity contribution in [1.82, 2.24) is 4.57 Å². The molecule has 220 valence electrons. The molecule has 1 saturated carbocycles. The maximum absolute atomic E-state index is 13.6. The molecule has 0 radical (unpaired) electrons. The molecule has 1 atom stereocenters. The van der Waals surface area contributed by atoms with Crippen molar-refractivity contribution >= 4 is 34.3 Å². The molecule has 0 spiro atoms. The average Bonchev–Trinajstić information content (AvgIpc) is 3.21. The molecule has 1 unspecified atom stereocenters. The molecule has 10 heteroatoms. The smallest absolute Gasteiger partial charge is 0.478 e. The van der Waals surface area contributed by atoms with E-state index in [2.05, 4.69) is 4.74 Å². The van der Waals surface area contributed by atoms with Crippen molar-refractivity contribution in [3.05, 3.63) is 94.1 Å². The molecule has 5 rings (SSSR count). The number of nitrogens with zero attached hydrogens (tertiary/aromatic N) is 1. The summed E-state index contributed by atoms with van der Waals surface area (Å²) in [5.41, 5.74) is 2.37. The van der Waals surface area contributed by atoms with E-state index in [1.165, 1.54) is 18.2 Å². The minimum atomic E-state index is -4.88. The van der Waals surface area contributed by atoms with Crippen LogP contribution >= 0.6 is 11.6 Å². The van der Waals surface area contributed by atoms with Gasteiger partial charge < -0.3 is 19.1 Å². The number of fused-ring (bicyclic) bond motifs is 1. The first-order valence-electron chi connectivity index (χ1n) is 13.7. The molecule has 1 aromatic heterocycles. The second-order valence-electron chi connectivity index (χ2n) is 10.5. The molecular weight excluding hydrogens is 571 g/mol.